The van der Waals surface area contributed by atoms with Gasteiger partial charge in [0, 0.05) is 32.2 Å². The standard InChI is InChI=1S/C21H26N2O3.2ClH/c1-25-21-5-3-2-4-19(21)23-10-8-22(9-11-23)18-13-17-12-16(14-24)6-7-20(17)26-15-18;;/h2-7,12,18,24H,8-11,13-15H2,1H3;2*1H. The third kappa shape index (κ3) is 4.66. The predicted octanol–water partition coefficient (Wildman–Crippen LogP) is 3.16. The normalized spacial score (nSPS) is 18.9. The molecule has 1 atom stereocenters. The van der Waals surface area contributed by atoms with E-state index in [0.29, 0.717) is 6.04 Å². The van der Waals surface area contributed by atoms with Crippen LogP contribution in [0.5, 0.6) is 11.5 Å². The number of rotatable bonds is 4. The van der Waals surface area contributed by atoms with E-state index in [2.05, 4.69) is 28.0 Å². The summed E-state index contributed by atoms with van der Waals surface area (Å²) < 4.78 is 11.5. The smallest absolute Gasteiger partial charge is 0.142 e. The van der Waals surface area contributed by atoms with Crippen LogP contribution in [0.15, 0.2) is 42.5 Å². The Labute approximate surface area is 179 Å². The SMILES string of the molecule is COc1ccccc1N1CCN(C2COc3ccc(CO)cc3C2)CC1.Cl.Cl. The molecule has 154 valence electrons. The molecule has 2 aromatic rings. The second-order valence-electron chi connectivity index (χ2n) is 6.96. The van der Waals surface area contributed by atoms with Crippen LogP contribution in [0.1, 0.15) is 11.1 Å². The van der Waals surface area contributed by atoms with E-state index in [4.69, 9.17) is 9.47 Å². The fourth-order valence-corrected chi connectivity index (χ4v) is 3.98. The van der Waals surface area contributed by atoms with Crippen LogP contribution in [-0.2, 0) is 13.0 Å². The number of nitrogens with zero attached hydrogens (tertiary/aromatic N) is 2. The summed E-state index contributed by atoms with van der Waals surface area (Å²) in [4.78, 5) is 4.93. The zero-order valence-corrected chi connectivity index (χ0v) is 17.7. The fourth-order valence-electron chi connectivity index (χ4n) is 3.98. The van der Waals surface area contributed by atoms with E-state index in [1.165, 1.54) is 11.3 Å². The van der Waals surface area contributed by atoms with Gasteiger partial charge in [0.1, 0.15) is 18.1 Å². The first-order valence-corrected chi connectivity index (χ1v) is 9.26. The van der Waals surface area contributed by atoms with Gasteiger partial charge >= 0.3 is 0 Å². The number of piperazine rings is 1. The second kappa shape index (κ2) is 10.2. The Balaban J connectivity index is 0.00000140. The summed E-state index contributed by atoms with van der Waals surface area (Å²) in [5, 5.41) is 9.37. The number of methoxy groups -OCH3 is 1. The van der Waals surface area contributed by atoms with Crippen molar-refractivity contribution >= 4 is 30.5 Å². The van der Waals surface area contributed by atoms with E-state index in [9.17, 15) is 5.11 Å². The lowest BCUT2D eigenvalue weighted by Crippen LogP contribution is -2.53. The molecule has 2 aromatic carbocycles. The maximum Gasteiger partial charge on any atom is 0.142 e. The highest BCUT2D eigenvalue weighted by molar-refractivity contribution is 5.85. The molecule has 0 aliphatic carbocycles. The van der Waals surface area contributed by atoms with Crippen molar-refractivity contribution in [2.75, 3.05) is 44.8 Å². The first-order chi connectivity index (χ1) is 12.8. The van der Waals surface area contributed by atoms with Crippen LogP contribution in [0.3, 0.4) is 0 Å². The molecule has 0 spiro atoms. The van der Waals surface area contributed by atoms with Gasteiger partial charge in [-0.05, 0) is 41.8 Å². The van der Waals surface area contributed by atoms with Gasteiger partial charge in [-0.1, -0.05) is 18.2 Å². The molecule has 2 aliphatic heterocycles. The summed E-state index contributed by atoms with van der Waals surface area (Å²) >= 11 is 0. The molecule has 2 aliphatic rings. The molecule has 2 heterocycles. The zero-order valence-electron chi connectivity index (χ0n) is 16.0. The number of hydrogen-bond donors (Lipinski definition) is 1. The average molecular weight is 427 g/mol. The van der Waals surface area contributed by atoms with Crippen LogP contribution in [0.25, 0.3) is 0 Å². The zero-order chi connectivity index (χ0) is 17.9. The van der Waals surface area contributed by atoms with Gasteiger partial charge in [-0.15, -0.1) is 24.8 Å². The molecular formula is C21H28Cl2N2O3. The Bertz CT molecular complexity index is 767. The number of anilines is 1. The third-order valence-electron chi connectivity index (χ3n) is 5.45. The number of fused-ring (bicyclic) bond motifs is 1. The minimum atomic E-state index is 0. The van der Waals surface area contributed by atoms with Crippen LogP contribution < -0.4 is 14.4 Å². The Morgan fingerprint density at radius 1 is 1.07 bits per heavy atom. The highest BCUT2D eigenvalue weighted by Crippen LogP contribution is 2.31. The van der Waals surface area contributed by atoms with Gasteiger partial charge in [-0.25, -0.2) is 0 Å². The van der Waals surface area contributed by atoms with Crippen molar-refractivity contribution in [3.63, 3.8) is 0 Å². The van der Waals surface area contributed by atoms with Gasteiger partial charge in [0.25, 0.3) is 0 Å². The van der Waals surface area contributed by atoms with Gasteiger partial charge in [0.05, 0.1) is 19.4 Å². The Morgan fingerprint density at radius 3 is 2.54 bits per heavy atom. The van der Waals surface area contributed by atoms with E-state index in [0.717, 1.165) is 56.3 Å². The Morgan fingerprint density at radius 2 is 1.82 bits per heavy atom. The number of para-hydroxylation sites is 2. The topological polar surface area (TPSA) is 45.2 Å². The first-order valence-electron chi connectivity index (χ1n) is 9.26. The molecule has 0 bridgehead atoms. The minimum Gasteiger partial charge on any atom is -0.495 e. The predicted molar refractivity (Wildman–Crippen MR) is 117 cm³/mol. The van der Waals surface area contributed by atoms with Crippen LogP contribution in [-0.4, -0.2) is 55.9 Å². The van der Waals surface area contributed by atoms with E-state index in [-0.39, 0.29) is 31.4 Å². The third-order valence-corrected chi connectivity index (χ3v) is 5.45. The van der Waals surface area contributed by atoms with E-state index >= 15 is 0 Å². The molecule has 7 heteroatoms. The van der Waals surface area contributed by atoms with Crippen molar-refractivity contribution in [2.45, 2.75) is 19.1 Å². The van der Waals surface area contributed by atoms with Gasteiger partial charge in [0.2, 0.25) is 0 Å². The van der Waals surface area contributed by atoms with Crippen LogP contribution >= 0.6 is 24.8 Å². The van der Waals surface area contributed by atoms with Gasteiger partial charge in [-0.2, -0.15) is 0 Å². The van der Waals surface area contributed by atoms with Crippen molar-refractivity contribution in [3.8, 4) is 11.5 Å². The highest BCUT2D eigenvalue weighted by atomic mass is 35.5. The van der Waals surface area contributed by atoms with E-state index < -0.39 is 0 Å². The number of halogens is 2. The largest absolute Gasteiger partial charge is 0.495 e. The molecule has 4 rings (SSSR count). The molecule has 1 fully saturated rings. The Kier molecular flexibility index (Phi) is 8.25. The maximum absolute atomic E-state index is 9.37. The number of hydrogen-bond acceptors (Lipinski definition) is 5. The summed E-state index contributed by atoms with van der Waals surface area (Å²) in [5.41, 5.74) is 3.33. The molecular weight excluding hydrogens is 399 g/mol. The number of aliphatic hydroxyl groups excluding tert-OH is 1. The maximum atomic E-state index is 9.37. The minimum absolute atomic E-state index is 0. The van der Waals surface area contributed by atoms with Crippen molar-refractivity contribution in [1.29, 1.82) is 0 Å². The summed E-state index contributed by atoms with van der Waals surface area (Å²) in [7, 11) is 1.73. The van der Waals surface area contributed by atoms with E-state index in [1.54, 1.807) is 7.11 Å². The van der Waals surface area contributed by atoms with Crippen LogP contribution in [0.2, 0.25) is 0 Å². The number of aliphatic hydroxyl groups is 1. The van der Waals surface area contributed by atoms with Gasteiger partial charge < -0.3 is 19.5 Å². The lowest BCUT2D eigenvalue weighted by Gasteiger charge is -2.41. The molecule has 5 nitrogen and oxygen atoms in total. The van der Waals surface area contributed by atoms with Crippen LogP contribution in [0.4, 0.5) is 5.69 Å². The van der Waals surface area contributed by atoms with E-state index in [1.807, 2.05) is 24.3 Å². The molecule has 1 saturated heterocycles. The number of ether oxygens (including phenoxy) is 2. The molecule has 0 aromatic heterocycles. The summed E-state index contributed by atoms with van der Waals surface area (Å²) in [6, 6.07) is 14.6. The lowest BCUT2D eigenvalue weighted by atomic mass is 9.99. The van der Waals surface area contributed by atoms with Gasteiger partial charge in [-0.3, -0.25) is 4.90 Å². The molecule has 0 radical (unpaired) electrons. The molecule has 0 amide bonds. The monoisotopic (exact) mass is 426 g/mol. The second-order valence-corrected chi connectivity index (χ2v) is 6.96. The number of benzene rings is 2. The van der Waals surface area contributed by atoms with Gasteiger partial charge in [0.15, 0.2) is 0 Å². The quantitative estimate of drug-likeness (QED) is 0.813. The first kappa shape index (κ1) is 22.6. The lowest BCUT2D eigenvalue weighted by molar-refractivity contribution is 0.113. The van der Waals surface area contributed by atoms with Crippen molar-refractivity contribution in [3.05, 3.63) is 53.6 Å². The average Bonchev–Trinajstić information content (AvgIpc) is 2.73. The summed E-state index contributed by atoms with van der Waals surface area (Å²) in [6.07, 6.45) is 0.984. The molecule has 0 saturated carbocycles. The summed E-state index contributed by atoms with van der Waals surface area (Å²) in [6.45, 7) is 4.82. The molecule has 1 N–H and O–H groups in total. The fraction of sp³-hybridized carbons (Fsp3) is 0.429. The molecule has 1 unspecified atom stereocenters. The highest BCUT2D eigenvalue weighted by Gasteiger charge is 2.29. The van der Waals surface area contributed by atoms with Crippen molar-refractivity contribution in [2.24, 2.45) is 0 Å². The Hall–Kier alpha value is -1.66. The molecule has 28 heavy (non-hydrogen) atoms. The van der Waals surface area contributed by atoms with Crippen molar-refractivity contribution < 1.29 is 14.6 Å². The summed E-state index contributed by atoms with van der Waals surface area (Å²) in [5.74, 6) is 1.90. The van der Waals surface area contributed by atoms with Crippen molar-refractivity contribution in [1.82, 2.24) is 4.90 Å². The van der Waals surface area contributed by atoms with Crippen LogP contribution in [0, 0.1) is 0 Å².